The largest absolute Gasteiger partial charge is 0.399 e. The van der Waals surface area contributed by atoms with Gasteiger partial charge < -0.3 is 5.73 Å². The van der Waals surface area contributed by atoms with Gasteiger partial charge in [0.25, 0.3) is 0 Å². The number of hydrogen-bond acceptors (Lipinski definition) is 1. The minimum atomic E-state index is -0.232. The molecule has 0 heterocycles. The minimum Gasteiger partial charge on any atom is -0.399 e. The van der Waals surface area contributed by atoms with E-state index in [1.807, 2.05) is 0 Å². The van der Waals surface area contributed by atoms with Crippen molar-refractivity contribution in [3.05, 3.63) is 27.1 Å². The van der Waals surface area contributed by atoms with Crippen LogP contribution in [0.2, 0.25) is 0 Å². The van der Waals surface area contributed by atoms with Crippen LogP contribution in [0.4, 0.5) is 10.1 Å². The highest BCUT2D eigenvalue weighted by Gasteiger charge is 2.01. The van der Waals surface area contributed by atoms with Crippen LogP contribution in [0.15, 0.2) is 12.1 Å². The highest BCUT2D eigenvalue weighted by Crippen LogP contribution is 2.18. The second-order valence-corrected chi connectivity index (χ2v) is 3.27. The molecule has 0 aliphatic heterocycles. The number of rotatable bonds is 0. The van der Waals surface area contributed by atoms with Crippen LogP contribution < -0.4 is 5.73 Å². The summed E-state index contributed by atoms with van der Waals surface area (Å²) in [4.78, 5) is 0. The van der Waals surface area contributed by atoms with Crippen LogP contribution in [-0.2, 0) is 0 Å². The van der Waals surface area contributed by atoms with Crippen LogP contribution in [-0.4, -0.2) is 0 Å². The van der Waals surface area contributed by atoms with Gasteiger partial charge in [-0.1, -0.05) is 0 Å². The van der Waals surface area contributed by atoms with Crippen molar-refractivity contribution in [2.24, 2.45) is 0 Å². The first-order valence-electron chi connectivity index (χ1n) is 2.82. The molecular formula is C7H7FIN. The van der Waals surface area contributed by atoms with Crippen LogP contribution in [0.25, 0.3) is 0 Å². The van der Waals surface area contributed by atoms with Gasteiger partial charge in [-0.3, -0.25) is 0 Å². The van der Waals surface area contributed by atoms with Crippen LogP contribution >= 0.6 is 22.6 Å². The number of benzene rings is 1. The van der Waals surface area contributed by atoms with E-state index in [1.54, 1.807) is 13.0 Å². The summed E-state index contributed by atoms with van der Waals surface area (Å²) >= 11 is 2.06. The van der Waals surface area contributed by atoms with Gasteiger partial charge in [-0.15, -0.1) is 0 Å². The maximum atomic E-state index is 12.8. The zero-order chi connectivity index (χ0) is 7.72. The highest BCUT2D eigenvalue weighted by molar-refractivity contribution is 14.1. The van der Waals surface area contributed by atoms with E-state index in [1.165, 1.54) is 6.07 Å². The van der Waals surface area contributed by atoms with Crippen LogP contribution in [0, 0.1) is 16.3 Å². The lowest BCUT2D eigenvalue weighted by molar-refractivity contribution is 0.618. The Morgan fingerprint density at radius 1 is 1.50 bits per heavy atom. The van der Waals surface area contributed by atoms with Crippen molar-refractivity contribution in [1.29, 1.82) is 0 Å². The van der Waals surface area contributed by atoms with Gasteiger partial charge in [-0.2, -0.15) is 0 Å². The standard InChI is InChI=1S/C7H7FIN/c1-4-6(8)2-5(10)3-7(4)9/h2-3H,10H2,1H3. The molecule has 54 valence electrons. The molecule has 1 aromatic rings. The Bertz CT molecular complexity index is 237. The zero-order valence-corrected chi connectivity index (χ0v) is 7.65. The molecule has 0 amide bonds. The molecule has 0 aromatic heterocycles. The second kappa shape index (κ2) is 2.74. The molecule has 1 nitrogen and oxygen atoms in total. The van der Waals surface area contributed by atoms with Crippen molar-refractivity contribution < 1.29 is 4.39 Å². The highest BCUT2D eigenvalue weighted by atomic mass is 127. The molecule has 0 radical (unpaired) electrons. The third-order valence-electron chi connectivity index (χ3n) is 1.30. The average molecular weight is 251 g/mol. The molecule has 0 spiro atoms. The molecule has 0 fully saturated rings. The van der Waals surface area contributed by atoms with Gasteiger partial charge in [0.05, 0.1) is 0 Å². The fourth-order valence-corrected chi connectivity index (χ4v) is 1.28. The van der Waals surface area contributed by atoms with Crippen LogP contribution in [0.5, 0.6) is 0 Å². The summed E-state index contributed by atoms with van der Waals surface area (Å²) in [5, 5.41) is 0. The number of nitrogen functional groups attached to an aromatic ring is 1. The minimum absolute atomic E-state index is 0.232. The third-order valence-corrected chi connectivity index (χ3v) is 2.42. The average Bonchev–Trinajstić information content (AvgIpc) is 1.82. The molecule has 0 saturated carbocycles. The van der Waals surface area contributed by atoms with E-state index in [2.05, 4.69) is 22.6 Å². The normalized spacial score (nSPS) is 9.90. The molecule has 10 heavy (non-hydrogen) atoms. The summed E-state index contributed by atoms with van der Waals surface area (Å²) in [5.74, 6) is -0.232. The Morgan fingerprint density at radius 3 is 2.60 bits per heavy atom. The molecule has 0 unspecified atom stereocenters. The van der Waals surface area contributed by atoms with E-state index in [0.717, 1.165) is 3.57 Å². The van der Waals surface area contributed by atoms with Crippen molar-refractivity contribution in [2.45, 2.75) is 6.92 Å². The maximum Gasteiger partial charge on any atom is 0.129 e. The van der Waals surface area contributed by atoms with Gasteiger partial charge in [0.1, 0.15) is 5.82 Å². The van der Waals surface area contributed by atoms with Crippen LogP contribution in [0.3, 0.4) is 0 Å². The van der Waals surface area contributed by atoms with Gasteiger partial charge in [0.2, 0.25) is 0 Å². The fraction of sp³-hybridized carbons (Fsp3) is 0.143. The number of nitrogens with two attached hydrogens (primary N) is 1. The quantitative estimate of drug-likeness (QED) is 0.555. The monoisotopic (exact) mass is 251 g/mol. The first kappa shape index (κ1) is 7.78. The molecule has 3 heteroatoms. The lowest BCUT2D eigenvalue weighted by Gasteiger charge is -2.00. The summed E-state index contributed by atoms with van der Waals surface area (Å²) in [6, 6.07) is 3.08. The molecule has 0 atom stereocenters. The Hall–Kier alpha value is -0.320. The van der Waals surface area contributed by atoms with E-state index in [0.29, 0.717) is 11.3 Å². The predicted octanol–water partition coefficient (Wildman–Crippen LogP) is 2.32. The van der Waals surface area contributed by atoms with Crippen molar-refractivity contribution in [1.82, 2.24) is 0 Å². The lowest BCUT2D eigenvalue weighted by atomic mass is 10.2. The van der Waals surface area contributed by atoms with Gasteiger partial charge in [-0.05, 0) is 47.2 Å². The zero-order valence-electron chi connectivity index (χ0n) is 5.49. The molecule has 1 aromatic carbocycles. The van der Waals surface area contributed by atoms with Crippen LogP contribution in [0.1, 0.15) is 5.56 Å². The van der Waals surface area contributed by atoms with E-state index in [-0.39, 0.29) is 5.82 Å². The summed E-state index contributed by atoms with van der Waals surface area (Å²) < 4.78 is 13.6. The molecule has 1 rings (SSSR count). The van der Waals surface area contributed by atoms with E-state index < -0.39 is 0 Å². The summed E-state index contributed by atoms with van der Waals surface area (Å²) in [6.45, 7) is 1.73. The van der Waals surface area contributed by atoms with Gasteiger partial charge in [0, 0.05) is 9.26 Å². The molecule has 0 aliphatic carbocycles. The first-order valence-corrected chi connectivity index (χ1v) is 3.90. The van der Waals surface area contributed by atoms with E-state index in [9.17, 15) is 4.39 Å². The van der Waals surface area contributed by atoms with E-state index in [4.69, 9.17) is 5.73 Å². The number of halogens is 2. The summed E-state index contributed by atoms with van der Waals surface area (Å²) in [5.41, 5.74) is 6.52. The molecular weight excluding hydrogens is 244 g/mol. The van der Waals surface area contributed by atoms with Crippen molar-refractivity contribution in [3.8, 4) is 0 Å². The predicted molar refractivity (Wildman–Crippen MR) is 48.3 cm³/mol. The SMILES string of the molecule is Cc1c(F)cc(N)cc1I. The van der Waals surface area contributed by atoms with Crippen molar-refractivity contribution in [2.75, 3.05) is 5.73 Å². The topological polar surface area (TPSA) is 26.0 Å². The van der Waals surface area contributed by atoms with E-state index >= 15 is 0 Å². The van der Waals surface area contributed by atoms with Crippen molar-refractivity contribution >= 4 is 28.3 Å². The summed E-state index contributed by atoms with van der Waals surface area (Å²) in [7, 11) is 0. The number of hydrogen-bond donors (Lipinski definition) is 1. The Kier molecular flexibility index (Phi) is 2.13. The molecule has 0 aliphatic rings. The van der Waals surface area contributed by atoms with Gasteiger partial charge >= 0.3 is 0 Å². The second-order valence-electron chi connectivity index (χ2n) is 2.11. The molecule has 0 bridgehead atoms. The number of anilines is 1. The molecule has 2 N–H and O–H groups in total. The Balaban J connectivity index is 3.31. The smallest absolute Gasteiger partial charge is 0.129 e. The molecule has 0 saturated heterocycles. The maximum absolute atomic E-state index is 12.8. The lowest BCUT2D eigenvalue weighted by Crippen LogP contribution is -1.91. The van der Waals surface area contributed by atoms with Crippen molar-refractivity contribution in [3.63, 3.8) is 0 Å². The third kappa shape index (κ3) is 1.39. The Morgan fingerprint density at radius 2 is 2.10 bits per heavy atom. The summed E-state index contributed by atoms with van der Waals surface area (Å²) in [6.07, 6.45) is 0. The van der Waals surface area contributed by atoms with Gasteiger partial charge in [0.15, 0.2) is 0 Å². The van der Waals surface area contributed by atoms with Gasteiger partial charge in [-0.25, -0.2) is 4.39 Å². The fourth-order valence-electron chi connectivity index (χ4n) is 0.665. The Labute approximate surface area is 72.6 Å². The first-order chi connectivity index (χ1) is 4.61.